The second-order valence-corrected chi connectivity index (χ2v) is 6.10. The van der Waals surface area contributed by atoms with Crippen LogP contribution in [0.5, 0.6) is 5.75 Å². The SMILES string of the molecule is NCC(Oc1cccc(Br)c1)c1ccc(Cl)s1. The highest BCUT2D eigenvalue weighted by Crippen LogP contribution is 2.30. The van der Waals surface area contributed by atoms with Crippen molar-refractivity contribution in [3.05, 3.63) is 50.1 Å². The number of rotatable bonds is 4. The van der Waals surface area contributed by atoms with Crippen LogP contribution in [-0.2, 0) is 0 Å². The van der Waals surface area contributed by atoms with Crippen LogP contribution in [0, 0.1) is 0 Å². The monoisotopic (exact) mass is 331 g/mol. The van der Waals surface area contributed by atoms with Crippen molar-refractivity contribution in [2.24, 2.45) is 5.73 Å². The summed E-state index contributed by atoms with van der Waals surface area (Å²) in [5.74, 6) is 0.791. The molecule has 1 heterocycles. The summed E-state index contributed by atoms with van der Waals surface area (Å²) in [5, 5.41) is 0. The van der Waals surface area contributed by atoms with Gasteiger partial charge in [0.2, 0.25) is 0 Å². The molecule has 0 aliphatic rings. The Hall–Kier alpha value is -0.550. The Balaban J connectivity index is 2.15. The van der Waals surface area contributed by atoms with Gasteiger partial charge in [0.1, 0.15) is 11.9 Å². The maximum absolute atomic E-state index is 5.90. The highest BCUT2D eigenvalue weighted by atomic mass is 79.9. The largest absolute Gasteiger partial charge is 0.484 e. The normalized spacial score (nSPS) is 12.4. The molecular formula is C12H11BrClNOS. The van der Waals surface area contributed by atoms with Crippen molar-refractivity contribution in [2.75, 3.05) is 6.54 Å². The lowest BCUT2D eigenvalue weighted by molar-refractivity contribution is 0.218. The first-order chi connectivity index (χ1) is 8.19. The van der Waals surface area contributed by atoms with E-state index in [0.29, 0.717) is 6.54 Å². The Labute approximate surface area is 117 Å². The summed E-state index contributed by atoms with van der Waals surface area (Å²) in [6.45, 7) is 0.420. The maximum atomic E-state index is 5.90. The Bertz CT molecular complexity index is 503. The number of ether oxygens (including phenoxy) is 1. The number of halogens is 2. The van der Waals surface area contributed by atoms with E-state index in [1.165, 1.54) is 11.3 Å². The van der Waals surface area contributed by atoms with Gasteiger partial charge in [-0.3, -0.25) is 0 Å². The molecule has 1 unspecified atom stereocenters. The molecule has 0 fully saturated rings. The summed E-state index contributed by atoms with van der Waals surface area (Å²) in [6, 6.07) is 11.5. The lowest BCUT2D eigenvalue weighted by Crippen LogP contribution is -2.17. The molecule has 5 heteroatoms. The van der Waals surface area contributed by atoms with E-state index in [1.54, 1.807) is 0 Å². The van der Waals surface area contributed by atoms with Gasteiger partial charge in [0.25, 0.3) is 0 Å². The van der Waals surface area contributed by atoms with Gasteiger partial charge in [0.05, 0.1) is 4.34 Å². The van der Waals surface area contributed by atoms with Gasteiger partial charge in [-0.2, -0.15) is 0 Å². The van der Waals surface area contributed by atoms with Gasteiger partial charge in [-0.1, -0.05) is 33.6 Å². The van der Waals surface area contributed by atoms with Gasteiger partial charge in [-0.25, -0.2) is 0 Å². The minimum Gasteiger partial charge on any atom is -0.484 e. The molecule has 0 aliphatic carbocycles. The molecule has 0 saturated carbocycles. The summed E-state index contributed by atoms with van der Waals surface area (Å²) >= 11 is 10.8. The van der Waals surface area contributed by atoms with Crippen LogP contribution in [0.2, 0.25) is 4.34 Å². The first-order valence-corrected chi connectivity index (χ1v) is 7.05. The van der Waals surface area contributed by atoms with Gasteiger partial charge in [0, 0.05) is 15.9 Å². The van der Waals surface area contributed by atoms with E-state index in [1.807, 2.05) is 36.4 Å². The van der Waals surface area contributed by atoms with Crippen LogP contribution >= 0.6 is 38.9 Å². The fourth-order valence-corrected chi connectivity index (χ4v) is 2.91. The predicted molar refractivity (Wildman–Crippen MR) is 75.9 cm³/mol. The van der Waals surface area contributed by atoms with Crippen LogP contribution in [0.3, 0.4) is 0 Å². The average Bonchev–Trinajstić information content (AvgIpc) is 2.73. The first-order valence-electron chi connectivity index (χ1n) is 5.06. The van der Waals surface area contributed by atoms with Gasteiger partial charge in [-0.05, 0) is 30.3 Å². The van der Waals surface area contributed by atoms with Crippen molar-refractivity contribution in [1.82, 2.24) is 0 Å². The van der Waals surface area contributed by atoms with Crippen LogP contribution in [0.15, 0.2) is 40.9 Å². The summed E-state index contributed by atoms with van der Waals surface area (Å²) in [4.78, 5) is 1.04. The van der Waals surface area contributed by atoms with E-state index >= 15 is 0 Å². The van der Waals surface area contributed by atoms with E-state index in [0.717, 1.165) is 19.4 Å². The molecule has 1 aromatic carbocycles. The highest BCUT2D eigenvalue weighted by molar-refractivity contribution is 9.10. The van der Waals surface area contributed by atoms with E-state index in [2.05, 4.69) is 15.9 Å². The molecule has 17 heavy (non-hydrogen) atoms. The zero-order chi connectivity index (χ0) is 12.3. The number of hydrogen-bond donors (Lipinski definition) is 1. The molecule has 2 N–H and O–H groups in total. The second-order valence-electron chi connectivity index (χ2n) is 3.44. The van der Waals surface area contributed by atoms with Crippen molar-refractivity contribution in [1.29, 1.82) is 0 Å². The highest BCUT2D eigenvalue weighted by Gasteiger charge is 2.13. The third-order valence-corrected chi connectivity index (χ3v) is 4.02. The van der Waals surface area contributed by atoms with Crippen LogP contribution in [0.4, 0.5) is 0 Å². The van der Waals surface area contributed by atoms with Crippen molar-refractivity contribution >= 4 is 38.9 Å². The molecular weight excluding hydrogens is 322 g/mol. The zero-order valence-electron chi connectivity index (χ0n) is 8.90. The smallest absolute Gasteiger partial charge is 0.145 e. The van der Waals surface area contributed by atoms with E-state index < -0.39 is 0 Å². The van der Waals surface area contributed by atoms with Crippen molar-refractivity contribution < 1.29 is 4.74 Å². The molecule has 2 rings (SSSR count). The Morgan fingerprint density at radius 3 is 2.76 bits per heavy atom. The van der Waals surface area contributed by atoms with Gasteiger partial charge < -0.3 is 10.5 Å². The molecule has 2 aromatic rings. The number of thiophene rings is 1. The standard InChI is InChI=1S/C12H11BrClNOS/c13-8-2-1-3-9(6-8)16-10(7-15)11-4-5-12(14)17-11/h1-6,10H,7,15H2. The molecule has 0 amide bonds. The lowest BCUT2D eigenvalue weighted by atomic mass is 10.3. The van der Waals surface area contributed by atoms with Crippen LogP contribution in [-0.4, -0.2) is 6.54 Å². The summed E-state index contributed by atoms with van der Waals surface area (Å²) in [5.41, 5.74) is 5.73. The molecule has 2 nitrogen and oxygen atoms in total. The quantitative estimate of drug-likeness (QED) is 0.908. The van der Waals surface area contributed by atoms with Crippen LogP contribution in [0.25, 0.3) is 0 Å². The number of hydrogen-bond acceptors (Lipinski definition) is 3. The third kappa shape index (κ3) is 3.45. The minimum atomic E-state index is -0.151. The van der Waals surface area contributed by atoms with Crippen LogP contribution < -0.4 is 10.5 Å². The van der Waals surface area contributed by atoms with Crippen LogP contribution in [0.1, 0.15) is 11.0 Å². The Morgan fingerprint density at radius 1 is 1.35 bits per heavy atom. The summed E-state index contributed by atoms with van der Waals surface area (Å²) in [6.07, 6.45) is -0.151. The van der Waals surface area contributed by atoms with E-state index in [9.17, 15) is 0 Å². The maximum Gasteiger partial charge on any atom is 0.145 e. The van der Waals surface area contributed by atoms with E-state index in [-0.39, 0.29) is 6.10 Å². The van der Waals surface area contributed by atoms with E-state index in [4.69, 9.17) is 22.1 Å². The predicted octanol–water partition coefficient (Wildman–Crippen LogP) is 4.24. The van der Waals surface area contributed by atoms with Gasteiger partial charge >= 0.3 is 0 Å². The summed E-state index contributed by atoms with van der Waals surface area (Å²) < 4.78 is 7.57. The van der Waals surface area contributed by atoms with Gasteiger partial charge in [0.15, 0.2) is 0 Å². The molecule has 0 spiro atoms. The molecule has 0 bridgehead atoms. The molecule has 0 aliphatic heterocycles. The molecule has 1 aromatic heterocycles. The summed E-state index contributed by atoms with van der Waals surface area (Å²) in [7, 11) is 0. The van der Waals surface area contributed by atoms with Crippen molar-refractivity contribution in [2.45, 2.75) is 6.10 Å². The minimum absolute atomic E-state index is 0.151. The molecule has 0 radical (unpaired) electrons. The Kier molecular flexibility index (Phi) is 4.45. The van der Waals surface area contributed by atoms with Crippen molar-refractivity contribution in [3.63, 3.8) is 0 Å². The fourth-order valence-electron chi connectivity index (χ4n) is 1.43. The zero-order valence-corrected chi connectivity index (χ0v) is 12.1. The topological polar surface area (TPSA) is 35.2 Å². The third-order valence-electron chi connectivity index (χ3n) is 2.20. The molecule has 90 valence electrons. The Morgan fingerprint density at radius 2 is 2.18 bits per heavy atom. The lowest BCUT2D eigenvalue weighted by Gasteiger charge is -2.16. The number of benzene rings is 1. The van der Waals surface area contributed by atoms with Crippen molar-refractivity contribution in [3.8, 4) is 5.75 Å². The molecule has 0 saturated heterocycles. The van der Waals surface area contributed by atoms with Gasteiger partial charge in [-0.15, -0.1) is 11.3 Å². The number of nitrogens with two attached hydrogens (primary N) is 1. The first kappa shape index (κ1) is 12.9. The average molecular weight is 333 g/mol. The fraction of sp³-hybridized carbons (Fsp3) is 0.167. The second kappa shape index (κ2) is 5.87. The molecule has 1 atom stereocenters.